The summed E-state index contributed by atoms with van der Waals surface area (Å²) in [6, 6.07) is 7.73. The molecular formula is C23H29N4O2S+. The molecule has 2 atom stereocenters. The van der Waals surface area contributed by atoms with Crippen LogP contribution in [0.25, 0.3) is 10.2 Å². The number of aromatic nitrogens is 2. The summed E-state index contributed by atoms with van der Waals surface area (Å²) >= 11 is 1.66. The number of nitrogens with zero attached hydrogens (tertiary/aromatic N) is 1. The molecule has 2 aromatic heterocycles. The van der Waals surface area contributed by atoms with Gasteiger partial charge < -0.3 is 15.6 Å². The van der Waals surface area contributed by atoms with E-state index in [0.717, 1.165) is 47.2 Å². The van der Waals surface area contributed by atoms with Crippen LogP contribution in [0.2, 0.25) is 0 Å². The number of thiophene rings is 1. The molecule has 4 N–H and O–H groups in total. The van der Waals surface area contributed by atoms with Gasteiger partial charge in [0.15, 0.2) is 12.4 Å². The summed E-state index contributed by atoms with van der Waals surface area (Å²) in [7, 11) is 0. The number of rotatable bonds is 6. The molecule has 158 valence electrons. The highest BCUT2D eigenvalue weighted by molar-refractivity contribution is 7.18. The first kappa shape index (κ1) is 20.8. The number of carbonyl (C=O) groups is 1. The van der Waals surface area contributed by atoms with Crippen molar-refractivity contribution in [1.82, 2.24) is 9.97 Å². The van der Waals surface area contributed by atoms with Crippen molar-refractivity contribution in [3.63, 3.8) is 0 Å². The molecule has 4 rings (SSSR count). The Morgan fingerprint density at radius 1 is 1.40 bits per heavy atom. The highest BCUT2D eigenvalue weighted by atomic mass is 32.1. The largest absolute Gasteiger partial charge is 0.330 e. The summed E-state index contributed by atoms with van der Waals surface area (Å²) in [5.74, 6) is 1.22. The molecule has 30 heavy (non-hydrogen) atoms. The van der Waals surface area contributed by atoms with Gasteiger partial charge in [-0.2, -0.15) is 0 Å². The Kier molecular flexibility index (Phi) is 6.01. The van der Waals surface area contributed by atoms with E-state index in [4.69, 9.17) is 4.98 Å². The molecule has 1 amide bonds. The molecule has 0 fully saturated rings. The number of nitrogens with two attached hydrogens (primary N) is 1. The average molecular weight is 426 g/mol. The second kappa shape index (κ2) is 8.70. The highest BCUT2D eigenvalue weighted by Crippen LogP contribution is 2.35. The summed E-state index contributed by atoms with van der Waals surface area (Å²) in [5.41, 5.74) is 3.12. The SMILES string of the molecule is CCc1ccccc1NC(=O)C[NH2+][C@H](C)c1nc2sc3c(c2c(=O)[nH]1)CC[C@@H](C)C3. The summed E-state index contributed by atoms with van der Waals surface area (Å²) in [6.07, 6.45) is 3.99. The van der Waals surface area contributed by atoms with E-state index in [0.29, 0.717) is 11.7 Å². The maximum absolute atomic E-state index is 12.8. The van der Waals surface area contributed by atoms with Crippen LogP contribution < -0.4 is 16.2 Å². The molecule has 1 aliphatic rings. The van der Waals surface area contributed by atoms with Gasteiger partial charge in [0.25, 0.3) is 11.5 Å². The van der Waals surface area contributed by atoms with Gasteiger partial charge in [0.1, 0.15) is 10.9 Å². The molecular weight excluding hydrogens is 396 g/mol. The zero-order valence-electron chi connectivity index (χ0n) is 17.7. The number of quaternary nitrogens is 1. The lowest BCUT2D eigenvalue weighted by atomic mass is 9.89. The number of fused-ring (bicyclic) bond motifs is 3. The van der Waals surface area contributed by atoms with E-state index >= 15 is 0 Å². The third kappa shape index (κ3) is 4.18. The first-order valence-electron chi connectivity index (χ1n) is 10.7. The number of H-pyrrole nitrogens is 1. The van der Waals surface area contributed by atoms with Gasteiger partial charge in [0, 0.05) is 10.6 Å². The minimum atomic E-state index is -0.118. The van der Waals surface area contributed by atoms with Crippen LogP contribution in [0, 0.1) is 5.92 Å². The number of carbonyl (C=O) groups excluding carboxylic acids is 1. The summed E-state index contributed by atoms with van der Waals surface area (Å²) < 4.78 is 0. The smallest absolute Gasteiger partial charge is 0.279 e. The lowest BCUT2D eigenvalue weighted by Crippen LogP contribution is -2.87. The predicted octanol–water partition coefficient (Wildman–Crippen LogP) is 2.93. The second-order valence-corrected chi connectivity index (χ2v) is 9.35. The number of amides is 1. The second-order valence-electron chi connectivity index (χ2n) is 8.27. The Morgan fingerprint density at radius 2 is 2.20 bits per heavy atom. The van der Waals surface area contributed by atoms with E-state index < -0.39 is 0 Å². The van der Waals surface area contributed by atoms with Gasteiger partial charge in [0.05, 0.1) is 5.39 Å². The monoisotopic (exact) mass is 425 g/mol. The number of hydrogen-bond acceptors (Lipinski definition) is 4. The standard InChI is InChI=1S/C23H28N4O2S/c1-4-15-7-5-6-8-17(15)25-19(28)12-24-14(3)21-26-22(29)20-16-10-9-13(2)11-18(16)30-23(20)27-21/h5-8,13-14,24H,4,9-12H2,1-3H3,(H,25,28)(H,26,27,29)/p+1/t13-,14-/m1/s1. The van der Waals surface area contributed by atoms with Crippen molar-refractivity contribution < 1.29 is 10.1 Å². The number of nitrogens with one attached hydrogen (secondary N) is 2. The Hall–Kier alpha value is -2.51. The average Bonchev–Trinajstić information content (AvgIpc) is 3.10. The van der Waals surface area contributed by atoms with Gasteiger partial charge in [-0.05, 0) is 55.7 Å². The maximum Gasteiger partial charge on any atom is 0.279 e. The van der Waals surface area contributed by atoms with Crippen molar-refractivity contribution in [2.24, 2.45) is 5.92 Å². The van der Waals surface area contributed by atoms with Crippen molar-refractivity contribution in [3.8, 4) is 0 Å². The first-order valence-corrected chi connectivity index (χ1v) is 11.5. The van der Waals surface area contributed by atoms with E-state index in [2.05, 4.69) is 24.1 Å². The van der Waals surface area contributed by atoms with Gasteiger partial charge >= 0.3 is 0 Å². The van der Waals surface area contributed by atoms with Gasteiger partial charge in [-0.15, -0.1) is 11.3 Å². The summed E-state index contributed by atoms with van der Waals surface area (Å²) in [4.78, 5) is 35.1. The van der Waals surface area contributed by atoms with E-state index in [1.807, 2.05) is 36.5 Å². The molecule has 0 unspecified atom stereocenters. The third-order valence-corrected chi connectivity index (χ3v) is 7.09. The number of hydrogen-bond donors (Lipinski definition) is 3. The number of para-hydroxylation sites is 1. The number of anilines is 1. The molecule has 2 heterocycles. The number of aryl methyl sites for hydroxylation is 2. The number of aromatic amines is 1. The molecule has 3 aromatic rings. The quantitative estimate of drug-likeness (QED) is 0.567. The Morgan fingerprint density at radius 3 is 3.00 bits per heavy atom. The topological polar surface area (TPSA) is 91.5 Å². The molecule has 6 nitrogen and oxygen atoms in total. The molecule has 7 heteroatoms. The lowest BCUT2D eigenvalue weighted by molar-refractivity contribution is -0.683. The molecule has 0 bridgehead atoms. The maximum atomic E-state index is 12.8. The number of benzene rings is 1. The van der Waals surface area contributed by atoms with E-state index in [1.165, 1.54) is 10.4 Å². The summed E-state index contributed by atoms with van der Waals surface area (Å²) in [6.45, 7) is 6.56. The van der Waals surface area contributed by atoms with Crippen molar-refractivity contribution in [2.45, 2.75) is 52.5 Å². The van der Waals surface area contributed by atoms with E-state index in [1.54, 1.807) is 11.3 Å². The van der Waals surface area contributed by atoms with Crippen LogP contribution in [-0.4, -0.2) is 22.4 Å². The van der Waals surface area contributed by atoms with Gasteiger partial charge in [-0.1, -0.05) is 32.0 Å². The molecule has 1 aromatic carbocycles. The van der Waals surface area contributed by atoms with E-state index in [-0.39, 0.29) is 24.1 Å². The zero-order valence-corrected chi connectivity index (χ0v) is 18.6. The van der Waals surface area contributed by atoms with Gasteiger partial charge in [-0.25, -0.2) is 4.98 Å². The molecule has 0 saturated carbocycles. The molecule has 0 aliphatic heterocycles. The molecule has 1 aliphatic carbocycles. The minimum Gasteiger partial charge on any atom is -0.330 e. The van der Waals surface area contributed by atoms with Crippen LogP contribution in [0.4, 0.5) is 5.69 Å². The van der Waals surface area contributed by atoms with Gasteiger partial charge in [0.2, 0.25) is 0 Å². The highest BCUT2D eigenvalue weighted by Gasteiger charge is 2.24. The molecule has 0 radical (unpaired) electrons. The van der Waals surface area contributed by atoms with Crippen LogP contribution >= 0.6 is 11.3 Å². The first-order chi connectivity index (χ1) is 14.5. The fraction of sp³-hybridized carbons (Fsp3) is 0.435. The van der Waals surface area contributed by atoms with Crippen LogP contribution in [-0.2, 0) is 24.1 Å². The lowest BCUT2D eigenvalue weighted by Gasteiger charge is -2.17. The minimum absolute atomic E-state index is 0.0522. The zero-order chi connectivity index (χ0) is 21.3. The van der Waals surface area contributed by atoms with Crippen LogP contribution in [0.15, 0.2) is 29.1 Å². The Balaban J connectivity index is 1.46. The fourth-order valence-corrected chi connectivity index (χ4v) is 5.52. The Labute approximate surface area is 180 Å². The molecule has 0 saturated heterocycles. The van der Waals surface area contributed by atoms with Crippen LogP contribution in [0.3, 0.4) is 0 Å². The summed E-state index contributed by atoms with van der Waals surface area (Å²) in [5, 5.41) is 5.66. The van der Waals surface area contributed by atoms with Crippen molar-refractivity contribution in [1.29, 1.82) is 0 Å². The van der Waals surface area contributed by atoms with E-state index in [9.17, 15) is 9.59 Å². The van der Waals surface area contributed by atoms with Crippen LogP contribution in [0.1, 0.15) is 55.1 Å². The normalized spacial score (nSPS) is 17.0. The van der Waals surface area contributed by atoms with Crippen molar-refractivity contribution in [3.05, 3.63) is 56.4 Å². The fourth-order valence-electron chi connectivity index (χ4n) is 4.13. The van der Waals surface area contributed by atoms with Crippen LogP contribution in [0.5, 0.6) is 0 Å². The third-order valence-electron chi connectivity index (χ3n) is 5.94. The van der Waals surface area contributed by atoms with Crippen molar-refractivity contribution >= 4 is 33.1 Å². The molecule has 0 spiro atoms. The Bertz CT molecular complexity index is 1130. The van der Waals surface area contributed by atoms with Crippen molar-refractivity contribution in [2.75, 3.05) is 11.9 Å². The predicted molar refractivity (Wildman–Crippen MR) is 121 cm³/mol. The van der Waals surface area contributed by atoms with Gasteiger partial charge in [-0.3, -0.25) is 9.59 Å².